The highest BCUT2D eigenvalue weighted by Gasteiger charge is 2.15. The van der Waals surface area contributed by atoms with Crippen molar-refractivity contribution in [3.8, 4) is 17.2 Å². The van der Waals surface area contributed by atoms with Crippen molar-refractivity contribution in [3.63, 3.8) is 0 Å². The molecule has 22 heavy (non-hydrogen) atoms. The van der Waals surface area contributed by atoms with Crippen LogP contribution in [-0.2, 0) is 0 Å². The maximum Gasteiger partial charge on any atom is 0.235 e. The van der Waals surface area contributed by atoms with E-state index in [1.165, 1.54) is 18.2 Å². The van der Waals surface area contributed by atoms with Gasteiger partial charge in [-0.2, -0.15) is 0 Å². The van der Waals surface area contributed by atoms with Gasteiger partial charge in [-0.05, 0) is 44.5 Å². The molecule has 0 saturated heterocycles. The monoisotopic (exact) mass is 296 g/mol. The Hall–Kier alpha value is -2.75. The Bertz CT molecular complexity index is 922. The Morgan fingerprint density at radius 1 is 1.05 bits per heavy atom. The zero-order chi connectivity index (χ0) is 15.9. The maximum absolute atomic E-state index is 12.6. The van der Waals surface area contributed by atoms with Crippen LogP contribution < -0.4 is 10.2 Å². The molecule has 0 spiro atoms. The Morgan fingerprint density at radius 2 is 1.82 bits per heavy atom. The molecule has 0 fully saturated rings. The van der Waals surface area contributed by atoms with Gasteiger partial charge in [0.05, 0.1) is 5.39 Å². The highest BCUT2D eigenvalue weighted by atomic mass is 16.5. The Kier molecular flexibility index (Phi) is 3.37. The summed E-state index contributed by atoms with van der Waals surface area (Å²) < 4.78 is 11.4. The van der Waals surface area contributed by atoms with Gasteiger partial charge in [0.15, 0.2) is 0 Å². The van der Waals surface area contributed by atoms with E-state index in [2.05, 4.69) is 0 Å². The van der Waals surface area contributed by atoms with Crippen LogP contribution in [0.1, 0.15) is 16.9 Å². The number of hydrogen-bond acceptors (Lipinski definition) is 4. The number of fused-ring (bicyclic) bond motifs is 1. The second kappa shape index (κ2) is 5.22. The van der Waals surface area contributed by atoms with E-state index < -0.39 is 0 Å². The lowest BCUT2D eigenvalue weighted by atomic mass is 10.1. The summed E-state index contributed by atoms with van der Waals surface area (Å²) in [5.41, 5.74) is 2.17. The molecule has 3 aromatic rings. The lowest BCUT2D eigenvalue weighted by Gasteiger charge is -2.11. The van der Waals surface area contributed by atoms with E-state index in [9.17, 15) is 9.90 Å². The van der Waals surface area contributed by atoms with Gasteiger partial charge >= 0.3 is 0 Å². The van der Waals surface area contributed by atoms with Crippen molar-refractivity contribution < 1.29 is 14.3 Å². The Morgan fingerprint density at radius 3 is 2.55 bits per heavy atom. The molecule has 0 unspecified atom stereocenters. The van der Waals surface area contributed by atoms with Gasteiger partial charge in [-0.1, -0.05) is 17.7 Å². The highest BCUT2D eigenvalue weighted by Crippen LogP contribution is 2.29. The summed E-state index contributed by atoms with van der Waals surface area (Å²) in [6.07, 6.45) is 0. The predicted octanol–water partition coefficient (Wildman–Crippen LogP) is 4.22. The van der Waals surface area contributed by atoms with Crippen LogP contribution in [0.25, 0.3) is 11.0 Å². The van der Waals surface area contributed by atoms with Gasteiger partial charge in [-0.15, -0.1) is 0 Å². The van der Waals surface area contributed by atoms with E-state index in [-0.39, 0.29) is 16.9 Å². The fraction of sp³-hybridized carbons (Fsp3) is 0.167. The average Bonchev–Trinajstić information content (AvgIpc) is 2.45. The maximum atomic E-state index is 12.6. The molecule has 2 aromatic carbocycles. The summed E-state index contributed by atoms with van der Waals surface area (Å²) in [6.45, 7) is 5.60. The summed E-state index contributed by atoms with van der Waals surface area (Å²) in [6, 6.07) is 10.2. The third-order valence-electron chi connectivity index (χ3n) is 3.54. The average molecular weight is 296 g/mol. The molecule has 0 amide bonds. The molecule has 0 saturated carbocycles. The molecule has 0 aliphatic heterocycles. The molecule has 1 N–H and O–H groups in total. The van der Waals surface area contributed by atoms with E-state index in [0.29, 0.717) is 22.5 Å². The SMILES string of the molecule is Cc1ccc(Oc2c(C)oc3cc(O)ccc3c2=O)c(C)c1. The number of phenols is 1. The molecule has 0 aliphatic rings. The lowest BCUT2D eigenvalue weighted by Crippen LogP contribution is -2.07. The smallest absolute Gasteiger partial charge is 0.235 e. The number of benzene rings is 2. The van der Waals surface area contributed by atoms with Crippen LogP contribution in [0.15, 0.2) is 45.6 Å². The number of phenolic OH excluding ortho intramolecular Hbond substituents is 1. The first-order valence-electron chi connectivity index (χ1n) is 6.97. The summed E-state index contributed by atoms with van der Waals surface area (Å²) >= 11 is 0. The van der Waals surface area contributed by atoms with Crippen LogP contribution in [0.4, 0.5) is 0 Å². The third-order valence-corrected chi connectivity index (χ3v) is 3.54. The van der Waals surface area contributed by atoms with E-state index in [1.54, 1.807) is 6.92 Å². The molecular weight excluding hydrogens is 280 g/mol. The quantitative estimate of drug-likeness (QED) is 0.769. The molecule has 4 nitrogen and oxygen atoms in total. The molecule has 1 heterocycles. The standard InChI is InChI=1S/C18H16O4/c1-10-4-7-15(11(2)8-10)22-18-12(3)21-16-9-13(19)5-6-14(16)17(18)20/h4-9,19H,1-3H3. The number of ether oxygens (including phenoxy) is 1. The Balaban J connectivity index is 2.15. The summed E-state index contributed by atoms with van der Waals surface area (Å²) in [4.78, 5) is 12.6. The second-order valence-corrected chi connectivity index (χ2v) is 5.37. The van der Waals surface area contributed by atoms with Gasteiger partial charge in [0.2, 0.25) is 11.2 Å². The molecule has 0 radical (unpaired) electrons. The zero-order valence-corrected chi connectivity index (χ0v) is 12.6. The van der Waals surface area contributed by atoms with Crippen molar-refractivity contribution in [2.45, 2.75) is 20.8 Å². The summed E-state index contributed by atoms with van der Waals surface area (Å²) in [5.74, 6) is 1.23. The minimum atomic E-state index is -0.251. The van der Waals surface area contributed by atoms with E-state index in [0.717, 1.165) is 11.1 Å². The second-order valence-electron chi connectivity index (χ2n) is 5.37. The Labute approximate surface area is 127 Å². The van der Waals surface area contributed by atoms with Crippen molar-refractivity contribution in [1.82, 2.24) is 0 Å². The van der Waals surface area contributed by atoms with Crippen molar-refractivity contribution in [3.05, 3.63) is 63.5 Å². The van der Waals surface area contributed by atoms with Crippen LogP contribution in [0, 0.1) is 20.8 Å². The molecule has 0 aliphatic carbocycles. The van der Waals surface area contributed by atoms with Gasteiger partial charge in [-0.25, -0.2) is 0 Å². The van der Waals surface area contributed by atoms with E-state index in [1.807, 2.05) is 32.0 Å². The molecule has 0 bridgehead atoms. The first kappa shape index (κ1) is 14.2. The fourth-order valence-corrected chi connectivity index (χ4v) is 2.42. The van der Waals surface area contributed by atoms with E-state index >= 15 is 0 Å². The number of aromatic hydroxyl groups is 1. The number of aryl methyl sites for hydroxylation is 3. The molecular formula is C18H16O4. The summed E-state index contributed by atoms with van der Waals surface area (Å²) in [7, 11) is 0. The fourth-order valence-electron chi connectivity index (χ4n) is 2.42. The highest BCUT2D eigenvalue weighted by molar-refractivity contribution is 5.79. The van der Waals surface area contributed by atoms with Crippen LogP contribution in [0.2, 0.25) is 0 Å². The normalized spacial score (nSPS) is 10.9. The largest absolute Gasteiger partial charge is 0.508 e. The van der Waals surface area contributed by atoms with Gasteiger partial charge in [-0.3, -0.25) is 4.79 Å². The van der Waals surface area contributed by atoms with Gasteiger partial charge in [0.1, 0.15) is 22.8 Å². The first-order chi connectivity index (χ1) is 10.5. The first-order valence-corrected chi connectivity index (χ1v) is 6.97. The predicted molar refractivity (Wildman–Crippen MR) is 84.9 cm³/mol. The topological polar surface area (TPSA) is 59.7 Å². The van der Waals surface area contributed by atoms with Gasteiger partial charge in [0, 0.05) is 6.07 Å². The van der Waals surface area contributed by atoms with Gasteiger partial charge < -0.3 is 14.3 Å². The third kappa shape index (κ3) is 2.44. The summed E-state index contributed by atoms with van der Waals surface area (Å²) in [5, 5.41) is 9.86. The molecule has 1 aromatic heterocycles. The molecule has 0 atom stereocenters. The van der Waals surface area contributed by atoms with Crippen LogP contribution in [-0.4, -0.2) is 5.11 Å². The van der Waals surface area contributed by atoms with Crippen molar-refractivity contribution in [1.29, 1.82) is 0 Å². The van der Waals surface area contributed by atoms with Crippen LogP contribution in [0.5, 0.6) is 17.2 Å². The molecule has 3 rings (SSSR count). The number of rotatable bonds is 2. The van der Waals surface area contributed by atoms with Crippen LogP contribution in [0.3, 0.4) is 0 Å². The van der Waals surface area contributed by atoms with Crippen molar-refractivity contribution >= 4 is 11.0 Å². The molecule has 4 heteroatoms. The van der Waals surface area contributed by atoms with Gasteiger partial charge in [0.25, 0.3) is 0 Å². The minimum absolute atomic E-state index is 0.0538. The van der Waals surface area contributed by atoms with E-state index in [4.69, 9.17) is 9.15 Å². The van der Waals surface area contributed by atoms with Crippen molar-refractivity contribution in [2.75, 3.05) is 0 Å². The van der Waals surface area contributed by atoms with Crippen molar-refractivity contribution in [2.24, 2.45) is 0 Å². The number of hydrogen-bond donors (Lipinski definition) is 1. The molecule has 112 valence electrons. The lowest BCUT2D eigenvalue weighted by molar-refractivity contribution is 0.432. The zero-order valence-electron chi connectivity index (χ0n) is 12.6. The van der Waals surface area contributed by atoms with Crippen LogP contribution >= 0.6 is 0 Å². The minimum Gasteiger partial charge on any atom is -0.508 e.